The van der Waals surface area contributed by atoms with Crippen LogP contribution in [-0.2, 0) is 11.3 Å². The van der Waals surface area contributed by atoms with Gasteiger partial charge in [-0.15, -0.1) is 0 Å². The van der Waals surface area contributed by atoms with Crippen LogP contribution in [0.25, 0.3) is 11.1 Å². The highest BCUT2D eigenvalue weighted by Gasteiger charge is 2.28. The molecular weight excluding hydrogens is 349 g/mol. The molecule has 2 aromatic carbocycles. The second kappa shape index (κ2) is 7.36. The molecule has 1 atom stereocenters. The first-order chi connectivity index (χ1) is 13.1. The first kappa shape index (κ1) is 17.5. The summed E-state index contributed by atoms with van der Waals surface area (Å²) in [5, 5.41) is 3.25. The van der Waals surface area contributed by atoms with Gasteiger partial charge >= 0.3 is 5.76 Å². The van der Waals surface area contributed by atoms with E-state index in [1.807, 2.05) is 12.1 Å². The van der Waals surface area contributed by atoms with E-state index in [0.29, 0.717) is 30.7 Å². The molecule has 3 aromatic rings. The molecule has 1 N–H and O–H groups in total. The minimum atomic E-state index is -0.467. The van der Waals surface area contributed by atoms with Gasteiger partial charge in [0.25, 0.3) is 0 Å². The maximum atomic E-state index is 13.6. The van der Waals surface area contributed by atoms with Gasteiger partial charge in [0.15, 0.2) is 5.58 Å². The molecular formula is C20H20FN3O3. The van der Waals surface area contributed by atoms with Crippen LogP contribution in [0.1, 0.15) is 18.0 Å². The van der Waals surface area contributed by atoms with Crippen LogP contribution >= 0.6 is 0 Å². The molecule has 1 unspecified atom stereocenters. The van der Waals surface area contributed by atoms with E-state index >= 15 is 0 Å². The molecule has 0 saturated carbocycles. The molecule has 1 aliphatic rings. The monoisotopic (exact) mass is 369 g/mol. The fraction of sp³-hybridized carbons (Fsp3) is 0.300. The van der Waals surface area contributed by atoms with E-state index in [9.17, 15) is 14.0 Å². The molecule has 2 heterocycles. The van der Waals surface area contributed by atoms with E-state index in [2.05, 4.69) is 5.32 Å². The second-order valence-electron chi connectivity index (χ2n) is 6.60. The normalized spacial score (nSPS) is 17.4. The van der Waals surface area contributed by atoms with Crippen molar-refractivity contribution in [1.82, 2.24) is 14.8 Å². The molecule has 4 rings (SSSR count). The molecule has 1 aromatic heterocycles. The summed E-state index contributed by atoms with van der Waals surface area (Å²) in [4.78, 5) is 26.7. The summed E-state index contributed by atoms with van der Waals surface area (Å²) < 4.78 is 20.3. The van der Waals surface area contributed by atoms with Gasteiger partial charge in [-0.2, -0.15) is 0 Å². The van der Waals surface area contributed by atoms with Crippen molar-refractivity contribution in [3.05, 3.63) is 70.5 Å². The number of oxazole rings is 1. The largest absolute Gasteiger partial charge is 0.419 e. The quantitative estimate of drug-likeness (QED) is 0.766. The number of rotatable bonds is 4. The van der Waals surface area contributed by atoms with Crippen molar-refractivity contribution in [1.29, 1.82) is 0 Å². The highest BCUT2D eigenvalue weighted by atomic mass is 19.1. The number of amides is 1. The smallest absolute Gasteiger partial charge is 0.408 e. The molecule has 27 heavy (non-hydrogen) atoms. The molecule has 7 heteroatoms. The zero-order valence-corrected chi connectivity index (χ0v) is 14.7. The summed E-state index contributed by atoms with van der Waals surface area (Å²) in [6, 6.07) is 13.3. The Morgan fingerprint density at radius 3 is 2.93 bits per heavy atom. The minimum Gasteiger partial charge on any atom is -0.408 e. The third-order valence-corrected chi connectivity index (χ3v) is 4.92. The van der Waals surface area contributed by atoms with Crippen LogP contribution in [-0.4, -0.2) is 35.0 Å². The number of hydrogen-bond donors (Lipinski definition) is 1. The predicted molar refractivity (Wildman–Crippen MR) is 98.8 cm³/mol. The number of carbonyl (C=O) groups excluding carboxylic acids is 1. The number of benzene rings is 2. The number of halogens is 1. The fourth-order valence-corrected chi connectivity index (χ4v) is 3.59. The SMILES string of the molecule is O=C(CCn1c(=O)oc2ccccc21)N1CCNCC1c1cccc(F)c1. The summed E-state index contributed by atoms with van der Waals surface area (Å²) in [7, 11) is 0. The first-order valence-electron chi connectivity index (χ1n) is 8.97. The van der Waals surface area contributed by atoms with Crippen molar-refractivity contribution in [2.45, 2.75) is 19.0 Å². The molecule has 1 amide bonds. The van der Waals surface area contributed by atoms with Crippen molar-refractivity contribution >= 4 is 17.0 Å². The summed E-state index contributed by atoms with van der Waals surface area (Å²) in [6.07, 6.45) is 0.176. The standard InChI is InChI=1S/C20H20FN3O3/c21-15-5-3-4-14(12-15)17-13-22-9-11-23(17)19(25)8-10-24-16-6-1-2-7-18(16)27-20(24)26/h1-7,12,17,22H,8-11,13H2. The Balaban J connectivity index is 1.52. The van der Waals surface area contributed by atoms with E-state index in [-0.39, 0.29) is 30.7 Å². The molecule has 0 radical (unpaired) electrons. The molecule has 1 saturated heterocycles. The Bertz CT molecular complexity index is 1030. The van der Waals surface area contributed by atoms with Gasteiger partial charge in [0.05, 0.1) is 11.6 Å². The maximum Gasteiger partial charge on any atom is 0.419 e. The number of aromatic nitrogens is 1. The molecule has 0 aliphatic carbocycles. The minimum absolute atomic E-state index is 0.0667. The number of fused-ring (bicyclic) bond motifs is 1. The van der Waals surface area contributed by atoms with E-state index in [1.165, 1.54) is 16.7 Å². The number of hydrogen-bond acceptors (Lipinski definition) is 4. The van der Waals surface area contributed by atoms with Crippen molar-refractivity contribution < 1.29 is 13.6 Å². The lowest BCUT2D eigenvalue weighted by Crippen LogP contribution is -2.49. The molecule has 140 valence electrons. The summed E-state index contributed by atoms with van der Waals surface area (Å²) in [5.74, 6) is -0.851. The average molecular weight is 369 g/mol. The Morgan fingerprint density at radius 1 is 1.22 bits per heavy atom. The Labute approximate surface area is 155 Å². The zero-order valence-electron chi connectivity index (χ0n) is 14.7. The van der Waals surface area contributed by atoms with Crippen LogP contribution < -0.4 is 11.1 Å². The zero-order chi connectivity index (χ0) is 18.8. The first-order valence-corrected chi connectivity index (χ1v) is 8.97. The van der Waals surface area contributed by atoms with Gasteiger partial charge in [-0.3, -0.25) is 9.36 Å². The fourth-order valence-electron chi connectivity index (χ4n) is 3.59. The lowest BCUT2D eigenvalue weighted by Gasteiger charge is -2.36. The third-order valence-electron chi connectivity index (χ3n) is 4.92. The topological polar surface area (TPSA) is 67.5 Å². The van der Waals surface area contributed by atoms with Gasteiger partial charge in [0.2, 0.25) is 5.91 Å². The van der Waals surface area contributed by atoms with Crippen molar-refractivity contribution in [3.8, 4) is 0 Å². The van der Waals surface area contributed by atoms with Gasteiger partial charge in [-0.05, 0) is 29.8 Å². The number of nitrogens with one attached hydrogen (secondary N) is 1. The summed E-state index contributed by atoms with van der Waals surface area (Å²) >= 11 is 0. The molecule has 1 aliphatic heterocycles. The highest BCUT2D eigenvalue weighted by molar-refractivity contribution is 5.77. The van der Waals surface area contributed by atoms with E-state index in [1.54, 1.807) is 29.2 Å². The lowest BCUT2D eigenvalue weighted by atomic mass is 10.0. The van der Waals surface area contributed by atoms with Crippen molar-refractivity contribution in [2.24, 2.45) is 0 Å². The predicted octanol–water partition coefficient (Wildman–Crippen LogP) is 2.30. The number of aryl methyl sites for hydroxylation is 1. The van der Waals surface area contributed by atoms with E-state index < -0.39 is 5.76 Å². The van der Waals surface area contributed by atoms with Gasteiger partial charge < -0.3 is 14.6 Å². The van der Waals surface area contributed by atoms with E-state index in [4.69, 9.17) is 4.42 Å². The Kier molecular flexibility index (Phi) is 4.77. The van der Waals surface area contributed by atoms with Gasteiger partial charge in [-0.1, -0.05) is 24.3 Å². The summed E-state index contributed by atoms with van der Waals surface area (Å²) in [6.45, 7) is 2.05. The number of piperazine rings is 1. The van der Waals surface area contributed by atoms with Crippen LogP contribution in [0.2, 0.25) is 0 Å². The van der Waals surface area contributed by atoms with Crippen LogP contribution in [0.15, 0.2) is 57.7 Å². The Morgan fingerprint density at radius 2 is 2.07 bits per heavy atom. The lowest BCUT2D eigenvalue weighted by molar-refractivity contribution is -0.134. The van der Waals surface area contributed by atoms with Gasteiger partial charge in [0.1, 0.15) is 5.82 Å². The van der Waals surface area contributed by atoms with Crippen molar-refractivity contribution in [3.63, 3.8) is 0 Å². The van der Waals surface area contributed by atoms with Crippen LogP contribution in [0.3, 0.4) is 0 Å². The van der Waals surface area contributed by atoms with Crippen LogP contribution in [0.5, 0.6) is 0 Å². The Hall–Kier alpha value is -2.93. The van der Waals surface area contributed by atoms with Crippen LogP contribution in [0.4, 0.5) is 4.39 Å². The van der Waals surface area contributed by atoms with Crippen LogP contribution in [0, 0.1) is 5.82 Å². The van der Waals surface area contributed by atoms with E-state index in [0.717, 1.165) is 5.56 Å². The van der Waals surface area contributed by atoms with Crippen molar-refractivity contribution in [2.75, 3.05) is 19.6 Å². The molecule has 0 spiro atoms. The maximum absolute atomic E-state index is 13.6. The third kappa shape index (κ3) is 3.50. The number of para-hydroxylation sites is 2. The highest BCUT2D eigenvalue weighted by Crippen LogP contribution is 2.24. The molecule has 0 bridgehead atoms. The second-order valence-corrected chi connectivity index (χ2v) is 6.60. The average Bonchev–Trinajstić information content (AvgIpc) is 3.01. The number of nitrogens with zero attached hydrogens (tertiary/aromatic N) is 2. The van der Waals surface area contributed by atoms with Gasteiger partial charge in [-0.25, -0.2) is 9.18 Å². The molecule has 6 nitrogen and oxygen atoms in total. The molecule has 1 fully saturated rings. The summed E-state index contributed by atoms with van der Waals surface area (Å²) in [5.41, 5.74) is 1.95. The van der Waals surface area contributed by atoms with Gasteiger partial charge in [0, 0.05) is 32.6 Å². The number of carbonyl (C=O) groups is 1.